The van der Waals surface area contributed by atoms with E-state index in [-0.39, 0.29) is 0 Å². The first-order valence-corrected chi connectivity index (χ1v) is 8.19. The van der Waals surface area contributed by atoms with Crippen molar-refractivity contribution in [1.82, 2.24) is 10.2 Å². The van der Waals surface area contributed by atoms with Crippen LogP contribution in [0.1, 0.15) is 59.3 Å². The molecule has 0 spiro atoms. The molecule has 2 unspecified atom stereocenters. The zero-order valence-electron chi connectivity index (χ0n) is 12.6. The summed E-state index contributed by atoms with van der Waals surface area (Å²) in [5.41, 5.74) is 0. The maximum Gasteiger partial charge on any atom is 0.0121 e. The van der Waals surface area contributed by atoms with Crippen molar-refractivity contribution in [3.8, 4) is 0 Å². The molecule has 1 aliphatic carbocycles. The van der Waals surface area contributed by atoms with Crippen molar-refractivity contribution < 1.29 is 0 Å². The van der Waals surface area contributed by atoms with Gasteiger partial charge in [-0.3, -0.25) is 0 Å². The van der Waals surface area contributed by atoms with E-state index in [1.807, 2.05) is 0 Å². The molecule has 2 atom stereocenters. The van der Waals surface area contributed by atoms with Crippen LogP contribution in [-0.2, 0) is 0 Å². The Bertz CT molecular complexity index is 223. The van der Waals surface area contributed by atoms with Crippen molar-refractivity contribution in [3.63, 3.8) is 0 Å². The van der Waals surface area contributed by atoms with Gasteiger partial charge in [0.15, 0.2) is 0 Å². The topological polar surface area (TPSA) is 15.3 Å². The summed E-state index contributed by atoms with van der Waals surface area (Å²) in [6, 6.07) is 1.56. The number of nitrogens with zero attached hydrogens (tertiary/aromatic N) is 1. The Morgan fingerprint density at radius 2 is 1.61 bits per heavy atom. The number of nitrogens with one attached hydrogen (secondary N) is 1. The lowest BCUT2D eigenvalue weighted by Crippen LogP contribution is -2.51. The van der Waals surface area contributed by atoms with Gasteiger partial charge in [-0.25, -0.2) is 0 Å². The predicted molar refractivity (Wildman–Crippen MR) is 78.9 cm³/mol. The standard InChI is InChI=1S/C16H32N2/c1-4-10-18-11-8-15(9-12-18)17-16-13(2)6-5-7-14(16)3/h13-17H,4-12H2,1-3H3. The average Bonchev–Trinajstić information content (AvgIpc) is 2.36. The highest BCUT2D eigenvalue weighted by atomic mass is 15.1. The van der Waals surface area contributed by atoms with Crippen molar-refractivity contribution in [2.24, 2.45) is 11.8 Å². The van der Waals surface area contributed by atoms with Crippen LogP contribution in [0.4, 0.5) is 0 Å². The van der Waals surface area contributed by atoms with Gasteiger partial charge in [0.2, 0.25) is 0 Å². The zero-order valence-corrected chi connectivity index (χ0v) is 12.6. The van der Waals surface area contributed by atoms with Crippen LogP contribution in [-0.4, -0.2) is 36.6 Å². The quantitative estimate of drug-likeness (QED) is 0.826. The Kier molecular flexibility index (Phi) is 5.50. The van der Waals surface area contributed by atoms with Gasteiger partial charge in [0.1, 0.15) is 0 Å². The third-order valence-corrected chi connectivity index (χ3v) is 5.10. The molecular formula is C16H32N2. The van der Waals surface area contributed by atoms with Crippen molar-refractivity contribution >= 4 is 0 Å². The zero-order chi connectivity index (χ0) is 13.0. The number of hydrogen-bond donors (Lipinski definition) is 1. The van der Waals surface area contributed by atoms with Gasteiger partial charge in [-0.1, -0.05) is 27.2 Å². The van der Waals surface area contributed by atoms with E-state index < -0.39 is 0 Å². The fourth-order valence-corrected chi connectivity index (χ4v) is 3.92. The minimum atomic E-state index is 0.779. The fraction of sp³-hybridized carbons (Fsp3) is 1.00. The van der Waals surface area contributed by atoms with E-state index in [1.165, 1.54) is 58.2 Å². The SMILES string of the molecule is CCCN1CCC(NC2C(C)CCCC2C)CC1. The van der Waals surface area contributed by atoms with Gasteiger partial charge < -0.3 is 10.2 Å². The Morgan fingerprint density at radius 1 is 1.00 bits per heavy atom. The smallest absolute Gasteiger partial charge is 0.0121 e. The van der Waals surface area contributed by atoms with E-state index >= 15 is 0 Å². The molecule has 0 bridgehead atoms. The minimum Gasteiger partial charge on any atom is -0.311 e. The molecule has 1 saturated carbocycles. The van der Waals surface area contributed by atoms with Gasteiger partial charge in [-0.15, -0.1) is 0 Å². The van der Waals surface area contributed by atoms with Crippen LogP contribution in [0.15, 0.2) is 0 Å². The van der Waals surface area contributed by atoms with Crippen LogP contribution in [0.5, 0.6) is 0 Å². The molecule has 106 valence electrons. The molecule has 0 aromatic rings. The second-order valence-electron chi connectivity index (χ2n) is 6.69. The van der Waals surface area contributed by atoms with Gasteiger partial charge in [0, 0.05) is 12.1 Å². The summed E-state index contributed by atoms with van der Waals surface area (Å²) in [4.78, 5) is 2.63. The third kappa shape index (κ3) is 3.71. The van der Waals surface area contributed by atoms with E-state index in [1.54, 1.807) is 0 Å². The van der Waals surface area contributed by atoms with Crippen LogP contribution >= 0.6 is 0 Å². The summed E-state index contributed by atoms with van der Waals surface area (Å²) in [6.07, 6.45) is 8.31. The largest absolute Gasteiger partial charge is 0.311 e. The Labute approximate surface area is 114 Å². The Hall–Kier alpha value is -0.0800. The first kappa shape index (κ1) is 14.3. The van der Waals surface area contributed by atoms with Crippen LogP contribution in [0.3, 0.4) is 0 Å². The molecule has 0 amide bonds. The highest BCUT2D eigenvalue weighted by Gasteiger charge is 2.30. The molecular weight excluding hydrogens is 220 g/mol. The molecule has 2 heteroatoms. The first-order valence-electron chi connectivity index (χ1n) is 8.19. The van der Waals surface area contributed by atoms with Gasteiger partial charge in [0.05, 0.1) is 0 Å². The average molecular weight is 252 g/mol. The molecule has 2 aliphatic rings. The van der Waals surface area contributed by atoms with E-state index in [4.69, 9.17) is 0 Å². The van der Waals surface area contributed by atoms with Gasteiger partial charge in [-0.05, 0) is 63.6 Å². The summed E-state index contributed by atoms with van der Waals surface area (Å²) < 4.78 is 0. The Morgan fingerprint density at radius 3 is 2.17 bits per heavy atom. The van der Waals surface area contributed by atoms with Crippen LogP contribution < -0.4 is 5.32 Å². The molecule has 0 aromatic carbocycles. The van der Waals surface area contributed by atoms with Crippen LogP contribution in [0.25, 0.3) is 0 Å². The maximum absolute atomic E-state index is 3.99. The molecule has 2 nitrogen and oxygen atoms in total. The highest BCUT2D eigenvalue weighted by molar-refractivity contribution is 4.88. The lowest BCUT2D eigenvalue weighted by atomic mass is 9.78. The summed E-state index contributed by atoms with van der Waals surface area (Å²) in [5.74, 6) is 1.75. The molecule has 0 aromatic heterocycles. The lowest BCUT2D eigenvalue weighted by Gasteiger charge is -2.40. The number of piperidine rings is 1. The number of likely N-dealkylation sites (tertiary alicyclic amines) is 1. The van der Waals surface area contributed by atoms with Crippen LogP contribution in [0, 0.1) is 11.8 Å². The second-order valence-corrected chi connectivity index (χ2v) is 6.69. The molecule has 0 radical (unpaired) electrons. The Balaban J connectivity index is 1.76. The monoisotopic (exact) mass is 252 g/mol. The third-order valence-electron chi connectivity index (χ3n) is 5.10. The van der Waals surface area contributed by atoms with Crippen molar-refractivity contribution in [2.45, 2.75) is 71.4 Å². The lowest BCUT2D eigenvalue weighted by molar-refractivity contribution is 0.147. The highest BCUT2D eigenvalue weighted by Crippen LogP contribution is 2.29. The van der Waals surface area contributed by atoms with E-state index in [9.17, 15) is 0 Å². The fourth-order valence-electron chi connectivity index (χ4n) is 3.92. The molecule has 2 fully saturated rings. The van der Waals surface area contributed by atoms with Crippen molar-refractivity contribution in [1.29, 1.82) is 0 Å². The van der Waals surface area contributed by atoms with E-state index in [0.717, 1.165) is 23.9 Å². The number of rotatable bonds is 4. The van der Waals surface area contributed by atoms with Gasteiger partial charge >= 0.3 is 0 Å². The van der Waals surface area contributed by atoms with Crippen molar-refractivity contribution in [2.75, 3.05) is 19.6 Å². The van der Waals surface area contributed by atoms with Crippen molar-refractivity contribution in [3.05, 3.63) is 0 Å². The van der Waals surface area contributed by atoms with E-state index in [2.05, 4.69) is 31.0 Å². The summed E-state index contributed by atoms with van der Waals surface area (Å²) in [7, 11) is 0. The summed E-state index contributed by atoms with van der Waals surface area (Å²) in [5, 5.41) is 3.99. The van der Waals surface area contributed by atoms with Gasteiger partial charge in [0.25, 0.3) is 0 Å². The summed E-state index contributed by atoms with van der Waals surface area (Å²) in [6.45, 7) is 11.1. The molecule has 1 saturated heterocycles. The number of hydrogen-bond acceptors (Lipinski definition) is 2. The van der Waals surface area contributed by atoms with E-state index in [0.29, 0.717) is 0 Å². The molecule has 1 aliphatic heterocycles. The van der Waals surface area contributed by atoms with Gasteiger partial charge in [-0.2, -0.15) is 0 Å². The molecule has 2 rings (SSSR count). The predicted octanol–water partition coefficient (Wildman–Crippen LogP) is 3.28. The van der Waals surface area contributed by atoms with Crippen LogP contribution in [0.2, 0.25) is 0 Å². The molecule has 1 heterocycles. The molecule has 18 heavy (non-hydrogen) atoms. The second kappa shape index (κ2) is 6.91. The summed E-state index contributed by atoms with van der Waals surface area (Å²) >= 11 is 0. The molecule has 1 N–H and O–H groups in total. The first-order chi connectivity index (χ1) is 8.70. The minimum absolute atomic E-state index is 0.779. The maximum atomic E-state index is 3.99. The normalized spacial score (nSPS) is 35.8.